The lowest BCUT2D eigenvalue weighted by Crippen LogP contribution is -2.43. The van der Waals surface area contributed by atoms with Gasteiger partial charge in [-0.15, -0.1) is 0 Å². The SMILES string of the molecule is CN(CCN1CCCC1)S(=O)(=O)N1CCCC1. The molecular formula is C11H23N3O2S. The molecule has 2 heterocycles. The molecule has 0 aliphatic carbocycles. The van der Waals surface area contributed by atoms with Gasteiger partial charge >= 0.3 is 0 Å². The van der Waals surface area contributed by atoms with E-state index in [1.165, 1.54) is 17.1 Å². The van der Waals surface area contributed by atoms with E-state index in [1.807, 2.05) is 0 Å². The summed E-state index contributed by atoms with van der Waals surface area (Å²) in [7, 11) is -1.49. The Hall–Kier alpha value is -0.170. The van der Waals surface area contributed by atoms with Crippen molar-refractivity contribution in [3.63, 3.8) is 0 Å². The maximum atomic E-state index is 12.2. The van der Waals surface area contributed by atoms with Crippen LogP contribution in [0.25, 0.3) is 0 Å². The normalized spacial score (nSPS) is 23.9. The summed E-state index contributed by atoms with van der Waals surface area (Å²) in [4.78, 5) is 2.34. The average molecular weight is 261 g/mol. The smallest absolute Gasteiger partial charge is 0.281 e. The highest BCUT2D eigenvalue weighted by molar-refractivity contribution is 7.86. The summed E-state index contributed by atoms with van der Waals surface area (Å²) < 4.78 is 27.5. The van der Waals surface area contributed by atoms with Gasteiger partial charge in [0.1, 0.15) is 0 Å². The van der Waals surface area contributed by atoms with Crippen LogP contribution in [0.15, 0.2) is 0 Å². The molecular weight excluding hydrogens is 238 g/mol. The standard InChI is InChI=1S/C11H23N3O2S/c1-12(10-11-13-6-2-3-7-13)17(15,16)14-8-4-5-9-14/h2-11H2,1H3. The van der Waals surface area contributed by atoms with Crippen LogP contribution < -0.4 is 0 Å². The van der Waals surface area contributed by atoms with Gasteiger partial charge in [0, 0.05) is 33.2 Å². The highest BCUT2D eigenvalue weighted by Crippen LogP contribution is 2.15. The topological polar surface area (TPSA) is 43.9 Å². The maximum absolute atomic E-state index is 12.2. The molecule has 0 saturated carbocycles. The van der Waals surface area contributed by atoms with Gasteiger partial charge in [-0.25, -0.2) is 0 Å². The fourth-order valence-electron chi connectivity index (χ4n) is 2.52. The molecule has 0 unspecified atom stereocenters. The molecule has 0 amide bonds. The van der Waals surface area contributed by atoms with Crippen LogP contribution in [-0.4, -0.2) is 68.2 Å². The lowest BCUT2D eigenvalue weighted by atomic mass is 10.4. The molecule has 0 aromatic carbocycles. The van der Waals surface area contributed by atoms with Gasteiger partial charge in [0.05, 0.1) is 0 Å². The molecule has 2 fully saturated rings. The number of likely N-dealkylation sites (N-methyl/N-ethyl adjacent to an activating group) is 1. The molecule has 0 N–H and O–H groups in total. The van der Waals surface area contributed by atoms with E-state index in [0.717, 1.165) is 32.5 Å². The Balaban J connectivity index is 1.83. The number of likely N-dealkylation sites (tertiary alicyclic amines) is 1. The first kappa shape index (κ1) is 13.3. The van der Waals surface area contributed by atoms with Crippen molar-refractivity contribution in [2.24, 2.45) is 0 Å². The van der Waals surface area contributed by atoms with Crippen LogP contribution in [0.5, 0.6) is 0 Å². The maximum Gasteiger partial charge on any atom is 0.281 e. The zero-order valence-electron chi connectivity index (χ0n) is 10.6. The van der Waals surface area contributed by atoms with Crippen molar-refractivity contribution in [1.29, 1.82) is 0 Å². The summed E-state index contributed by atoms with van der Waals surface area (Å²) in [5, 5.41) is 0. The number of hydrogen-bond acceptors (Lipinski definition) is 3. The molecule has 100 valence electrons. The van der Waals surface area contributed by atoms with E-state index in [2.05, 4.69) is 4.90 Å². The molecule has 0 radical (unpaired) electrons. The minimum absolute atomic E-state index is 0.610. The predicted octanol–water partition coefficient (Wildman–Crippen LogP) is 0.355. The summed E-state index contributed by atoms with van der Waals surface area (Å²) in [6.07, 6.45) is 4.50. The number of hydrogen-bond donors (Lipinski definition) is 0. The Morgan fingerprint density at radius 1 is 1.00 bits per heavy atom. The summed E-state index contributed by atoms with van der Waals surface area (Å²) >= 11 is 0. The Bertz CT molecular complexity index is 333. The van der Waals surface area contributed by atoms with E-state index in [4.69, 9.17) is 0 Å². The van der Waals surface area contributed by atoms with E-state index in [0.29, 0.717) is 19.6 Å². The van der Waals surface area contributed by atoms with Gasteiger partial charge in [-0.3, -0.25) is 0 Å². The molecule has 2 aliphatic heterocycles. The van der Waals surface area contributed by atoms with Crippen LogP contribution in [0, 0.1) is 0 Å². The van der Waals surface area contributed by atoms with Gasteiger partial charge < -0.3 is 4.90 Å². The van der Waals surface area contributed by atoms with Crippen LogP contribution in [0.4, 0.5) is 0 Å². The van der Waals surface area contributed by atoms with Gasteiger partial charge in [0.2, 0.25) is 0 Å². The molecule has 0 bridgehead atoms. The molecule has 2 rings (SSSR count). The zero-order chi connectivity index (χ0) is 12.3. The van der Waals surface area contributed by atoms with Crippen molar-refractivity contribution in [1.82, 2.24) is 13.5 Å². The van der Waals surface area contributed by atoms with Crippen LogP contribution in [0.1, 0.15) is 25.7 Å². The first-order valence-corrected chi connectivity index (χ1v) is 7.94. The van der Waals surface area contributed by atoms with Gasteiger partial charge in [-0.1, -0.05) is 0 Å². The highest BCUT2D eigenvalue weighted by Gasteiger charge is 2.29. The van der Waals surface area contributed by atoms with Crippen LogP contribution >= 0.6 is 0 Å². The summed E-state index contributed by atoms with van der Waals surface area (Å²) in [6.45, 7) is 5.10. The van der Waals surface area contributed by atoms with E-state index < -0.39 is 10.2 Å². The van der Waals surface area contributed by atoms with Gasteiger partial charge in [-0.05, 0) is 38.8 Å². The Kier molecular flexibility index (Phi) is 4.41. The van der Waals surface area contributed by atoms with Gasteiger partial charge in [0.15, 0.2) is 0 Å². The second-order valence-electron chi connectivity index (χ2n) is 4.98. The third-order valence-corrected chi connectivity index (χ3v) is 5.70. The molecule has 0 atom stereocenters. The second-order valence-corrected chi connectivity index (χ2v) is 7.02. The summed E-state index contributed by atoms with van der Waals surface area (Å²) in [5.74, 6) is 0. The monoisotopic (exact) mass is 261 g/mol. The largest absolute Gasteiger partial charge is 0.302 e. The lowest BCUT2D eigenvalue weighted by molar-refractivity contribution is 0.301. The molecule has 17 heavy (non-hydrogen) atoms. The van der Waals surface area contributed by atoms with Crippen molar-refractivity contribution in [3.8, 4) is 0 Å². The Labute approximate surface area is 105 Å². The third-order valence-electron chi connectivity index (χ3n) is 3.71. The van der Waals surface area contributed by atoms with Crippen LogP contribution in [0.2, 0.25) is 0 Å². The van der Waals surface area contributed by atoms with Crippen molar-refractivity contribution in [2.45, 2.75) is 25.7 Å². The predicted molar refractivity (Wildman–Crippen MR) is 68.0 cm³/mol. The van der Waals surface area contributed by atoms with Crippen molar-refractivity contribution in [2.75, 3.05) is 46.3 Å². The third kappa shape index (κ3) is 3.19. The first-order chi connectivity index (χ1) is 8.10. The average Bonchev–Trinajstić information content (AvgIpc) is 2.98. The van der Waals surface area contributed by atoms with Crippen molar-refractivity contribution in [3.05, 3.63) is 0 Å². The van der Waals surface area contributed by atoms with Crippen molar-refractivity contribution < 1.29 is 8.42 Å². The van der Waals surface area contributed by atoms with E-state index in [-0.39, 0.29) is 0 Å². The fourth-order valence-corrected chi connectivity index (χ4v) is 3.95. The molecule has 2 saturated heterocycles. The Morgan fingerprint density at radius 2 is 1.53 bits per heavy atom. The molecule has 2 aliphatic rings. The minimum atomic E-state index is -3.19. The lowest BCUT2D eigenvalue weighted by Gasteiger charge is -2.25. The first-order valence-electron chi connectivity index (χ1n) is 6.54. The molecule has 0 aromatic heterocycles. The Morgan fingerprint density at radius 3 is 2.12 bits per heavy atom. The van der Waals surface area contributed by atoms with Crippen LogP contribution in [0.3, 0.4) is 0 Å². The molecule has 0 spiro atoms. The summed E-state index contributed by atoms with van der Waals surface area (Å²) in [6, 6.07) is 0. The quantitative estimate of drug-likeness (QED) is 0.717. The van der Waals surface area contributed by atoms with Gasteiger partial charge in [-0.2, -0.15) is 17.0 Å². The van der Waals surface area contributed by atoms with E-state index in [1.54, 1.807) is 11.4 Å². The van der Waals surface area contributed by atoms with Gasteiger partial charge in [0.25, 0.3) is 10.2 Å². The number of rotatable bonds is 5. The van der Waals surface area contributed by atoms with Crippen molar-refractivity contribution >= 4 is 10.2 Å². The second kappa shape index (κ2) is 5.65. The van der Waals surface area contributed by atoms with Crippen LogP contribution in [-0.2, 0) is 10.2 Å². The summed E-state index contributed by atoms with van der Waals surface area (Å²) in [5.41, 5.74) is 0. The molecule has 5 nitrogen and oxygen atoms in total. The van der Waals surface area contributed by atoms with E-state index >= 15 is 0 Å². The highest BCUT2D eigenvalue weighted by atomic mass is 32.2. The zero-order valence-corrected chi connectivity index (χ0v) is 11.5. The minimum Gasteiger partial charge on any atom is -0.302 e. The molecule has 0 aromatic rings. The fraction of sp³-hybridized carbons (Fsp3) is 1.00. The van der Waals surface area contributed by atoms with E-state index in [9.17, 15) is 8.42 Å². The molecule has 6 heteroatoms. The number of nitrogens with zero attached hydrogens (tertiary/aromatic N) is 3.